The summed E-state index contributed by atoms with van der Waals surface area (Å²) in [4.78, 5) is 0. The zero-order valence-corrected chi connectivity index (χ0v) is 9.10. The van der Waals surface area contributed by atoms with Crippen LogP contribution < -0.4 is 5.32 Å². The maximum absolute atomic E-state index is 6.03. The first-order valence-electron chi connectivity index (χ1n) is 3.89. The van der Waals surface area contributed by atoms with E-state index in [0.717, 1.165) is 10.9 Å². The van der Waals surface area contributed by atoms with Crippen molar-refractivity contribution in [3.63, 3.8) is 0 Å². The Hall–Kier alpha value is 0.300. The molecule has 1 aliphatic heterocycles. The molecule has 0 aromatic carbocycles. The Kier molecular flexibility index (Phi) is 2.65. The Morgan fingerprint density at radius 3 is 3.00 bits per heavy atom. The highest BCUT2D eigenvalue weighted by atomic mass is 35.5. The van der Waals surface area contributed by atoms with E-state index in [0.29, 0.717) is 10.6 Å². The largest absolute Gasteiger partial charge is 0.300 e. The van der Waals surface area contributed by atoms with Gasteiger partial charge in [-0.15, -0.1) is 23.1 Å². The van der Waals surface area contributed by atoms with Crippen molar-refractivity contribution in [1.82, 2.24) is 5.32 Å². The van der Waals surface area contributed by atoms with Gasteiger partial charge >= 0.3 is 0 Å². The lowest BCUT2D eigenvalue weighted by Crippen LogP contribution is -2.13. The van der Waals surface area contributed by atoms with Crippen LogP contribution in [0.5, 0.6) is 0 Å². The molecule has 1 fully saturated rings. The van der Waals surface area contributed by atoms with Gasteiger partial charge in [0, 0.05) is 17.4 Å². The summed E-state index contributed by atoms with van der Waals surface area (Å²) in [6.45, 7) is 3.32. The fraction of sp³-hybridized carbons (Fsp3) is 0.500. The SMILES string of the molecule is CC1CNC(c2ccsc2Cl)S1. The molecule has 2 rings (SSSR count). The van der Waals surface area contributed by atoms with Crippen LogP contribution in [0.3, 0.4) is 0 Å². The van der Waals surface area contributed by atoms with E-state index in [1.165, 1.54) is 5.56 Å². The predicted molar refractivity (Wildman–Crippen MR) is 57.1 cm³/mol. The van der Waals surface area contributed by atoms with Gasteiger partial charge in [0.25, 0.3) is 0 Å². The third kappa shape index (κ3) is 1.64. The Bertz CT molecular complexity index is 274. The molecular formula is C8H10ClNS2. The normalized spacial score (nSPS) is 29.5. The fourth-order valence-corrected chi connectivity index (χ4v) is 3.59. The van der Waals surface area contributed by atoms with Gasteiger partial charge in [0.05, 0.1) is 9.71 Å². The van der Waals surface area contributed by atoms with Crippen molar-refractivity contribution in [3.05, 3.63) is 21.3 Å². The monoisotopic (exact) mass is 219 g/mol. The second-order valence-corrected chi connectivity index (χ2v) is 5.95. The molecule has 1 N–H and O–H groups in total. The van der Waals surface area contributed by atoms with Crippen LogP contribution >= 0.6 is 34.7 Å². The number of hydrogen-bond acceptors (Lipinski definition) is 3. The molecule has 1 nitrogen and oxygen atoms in total. The van der Waals surface area contributed by atoms with E-state index in [9.17, 15) is 0 Å². The van der Waals surface area contributed by atoms with Gasteiger partial charge < -0.3 is 5.32 Å². The number of hydrogen-bond donors (Lipinski definition) is 1. The standard InChI is InChI=1S/C8H10ClNS2/c1-5-4-10-8(12-5)6-2-3-11-7(6)9/h2-3,5,8,10H,4H2,1H3. The first-order valence-corrected chi connectivity index (χ1v) is 6.09. The van der Waals surface area contributed by atoms with Crippen LogP contribution in [-0.4, -0.2) is 11.8 Å². The molecule has 0 amide bonds. The van der Waals surface area contributed by atoms with Crippen LogP contribution in [0.4, 0.5) is 0 Å². The van der Waals surface area contributed by atoms with Crippen LogP contribution in [0.25, 0.3) is 0 Å². The molecule has 1 aliphatic rings. The van der Waals surface area contributed by atoms with Crippen molar-refractivity contribution in [2.45, 2.75) is 17.5 Å². The summed E-state index contributed by atoms with van der Waals surface area (Å²) in [7, 11) is 0. The molecule has 4 heteroatoms. The molecule has 0 bridgehead atoms. The van der Waals surface area contributed by atoms with Gasteiger partial charge in [0.15, 0.2) is 0 Å². The topological polar surface area (TPSA) is 12.0 Å². The van der Waals surface area contributed by atoms with Crippen molar-refractivity contribution in [2.75, 3.05) is 6.54 Å². The zero-order valence-electron chi connectivity index (χ0n) is 6.71. The van der Waals surface area contributed by atoms with Gasteiger partial charge in [0.2, 0.25) is 0 Å². The predicted octanol–water partition coefficient (Wildman–Crippen LogP) is 3.13. The first kappa shape index (κ1) is 8.88. The van der Waals surface area contributed by atoms with Crippen LogP contribution in [0.1, 0.15) is 17.9 Å². The summed E-state index contributed by atoms with van der Waals surface area (Å²) in [6, 6.07) is 2.11. The van der Waals surface area contributed by atoms with Gasteiger partial charge in [-0.1, -0.05) is 18.5 Å². The second kappa shape index (κ2) is 3.58. The van der Waals surface area contributed by atoms with Gasteiger partial charge in [-0.05, 0) is 11.4 Å². The van der Waals surface area contributed by atoms with Crippen molar-refractivity contribution in [3.8, 4) is 0 Å². The van der Waals surface area contributed by atoms with E-state index in [-0.39, 0.29) is 0 Å². The third-order valence-corrected chi connectivity index (χ3v) is 4.41. The average molecular weight is 220 g/mol. The minimum absolute atomic E-state index is 0.416. The van der Waals surface area contributed by atoms with E-state index in [1.54, 1.807) is 11.3 Å². The molecule has 1 aromatic rings. The zero-order chi connectivity index (χ0) is 8.55. The number of rotatable bonds is 1. The van der Waals surface area contributed by atoms with Crippen molar-refractivity contribution >= 4 is 34.7 Å². The summed E-state index contributed by atoms with van der Waals surface area (Å²) in [5, 5.41) is 6.59. The van der Waals surface area contributed by atoms with E-state index in [4.69, 9.17) is 11.6 Å². The number of halogens is 1. The maximum atomic E-state index is 6.03. The minimum Gasteiger partial charge on any atom is -0.300 e. The Morgan fingerprint density at radius 1 is 1.67 bits per heavy atom. The van der Waals surface area contributed by atoms with E-state index < -0.39 is 0 Å². The quantitative estimate of drug-likeness (QED) is 0.779. The van der Waals surface area contributed by atoms with Crippen LogP contribution in [0, 0.1) is 0 Å². The lowest BCUT2D eigenvalue weighted by atomic mass is 10.3. The summed E-state index contributed by atoms with van der Waals surface area (Å²) >= 11 is 9.59. The minimum atomic E-state index is 0.416. The highest BCUT2D eigenvalue weighted by Gasteiger charge is 2.24. The molecule has 0 spiro atoms. The maximum Gasteiger partial charge on any atom is 0.0984 e. The summed E-state index contributed by atoms with van der Waals surface area (Å²) in [5.41, 5.74) is 1.25. The molecule has 2 atom stereocenters. The number of thiophene rings is 1. The van der Waals surface area contributed by atoms with Gasteiger partial charge in [0.1, 0.15) is 0 Å². The first-order chi connectivity index (χ1) is 5.77. The van der Waals surface area contributed by atoms with Gasteiger partial charge in [-0.3, -0.25) is 0 Å². The van der Waals surface area contributed by atoms with E-state index >= 15 is 0 Å². The lowest BCUT2D eigenvalue weighted by Gasteiger charge is -2.07. The Morgan fingerprint density at radius 2 is 2.50 bits per heavy atom. The molecule has 1 saturated heterocycles. The molecule has 12 heavy (non-hydrogen) atoms. The molecule has 0 saturated carbocycles. The average Bonchev–Trinajstić information content (AvgIpc) is 2.58. The van der Waals surface area contributed by atoms with Crippen LogP contribution in [0.15, 0.2) is 11.4 Å². The van der Waals surface area contributed by atoms with Crippen LogP contribution in [0.2, 0.25) is 4.34 Å². The lowest BCUT2D eigenvalue weighted by molar-refractivity contribution is 0.719. The van der Waals surface area contributed by atoms with Crippen molar-refractivity contribution in [1.29, 1.82) is 0 Å². The van der Waals surface area contributed by atoms with Crippen LogP contribution in [-0.2, 0) is 0 Å². The molecule has 2 heterocycles. The number of nitrogens with one attached hydrogen (secondary N) is 1. The second-order valence-electron chi connectivity index (χ2n) is 2.88. The molecular weight excluding hydrogens is 210 g/mol. The Labute approximate surface area is 85.5 Å². The fourth-order valence-electron chi connectivity index (χ4n) is 1.28. The molecule has 66 valence electrons. The molecule has 1 aromatic heterocycles. The van der Waals surface area contributed by atoms with E-state index in [2.05, 4.69) is 18.3 Å². The van der Waals surface area contributed by atoms with E-state index in [1.807, 2.05) is 17.1 Å². The molecule has 0 radical (unpaired) electrons. The Balaban J connectivity index is 2.16. The highest BCUT2D eigenvalue weighted by Crippen LogP contribution is 2.39. The summed E-state index contributed by atoms with van der Waals surface area (Å²) in [6.07, 6.45) is 0. The highest BCUT2D eigenvalue weighted by molar-refractivity contribution is 8.00. The van der Waals surface area contributed by atoms with Gasteiger partial charge in [-0.2, -0.15) is 0 Å². The number of thioether (sulfide) groups is 1. The summed E-state index contributed by atoms with van der Waals surface area (Å²) in [5.74, 6) is 0. The van der Waals surface area contributed by atoms with Gasteiger partial charge in [-0.25, -0.2) is 0 Å². The summed E-state index contributed by atoms with van der Waals surface area (Å²) < 4.78 is 0.925. The van der Waals surface area contributed by atoms with Crippen molar-refractivity contribution < 1.29 is 0 Å². The molecule has 0 aliphatic carbocycles. The molecule has 2 unspecified atom stereocenters. The third-order valence-electron chi connectivity index (χ3n) is 1.89. The van der Waals surface area contributed by atoms with Crippen molar-refractivity contribution in [2.24, 2.45) is 0 Å². The smallest absolute Gasteiger partial charge is 0.0984 e.